The summed E-state index contributed by atoms with van der Waals surface area (Å²) in [6.45, 7) is 3.08. The lowest BCUT2D eigenvalue weighted by atomic mass is 10.2. The van der Waals surface area contributed by atoms with Gasteiger partial charge in [0, 0.05) is 16.3 Å². The second-order valence-corrected chi connectivity index (χ2v) is 8.69. The highest BCUT2D eigenvalue weighted by Gasteiger charge is 2.31. The maximum atomic E-state index is 12.8. The van der Waals surface area contributed by atoms with Gasteiger partial charge in [-0.15, -0.1) is 11.3 Å². The average molecular weight is 414 g/mol. The number of ether oxygens (including phenoxy) is 1. The Hall–Kier alpha value is -1.87. The largest absolute Gasteiger partial charge is 0.465 e. The SMILES string of the molecule is COC(=O)c1c(C)oc(C)c1S(=O)(=O)NCc1csc2ccc(Cl)cc12. The number of carbonyl (C=O) groups is 1. The summed E-state index contributed by atoms with van der Waals surface area (Å²) in [6, 6.07) is 5.47. The fraction of sp³-hybridized carbons (Fsp3) is 0.235. The molecule has 0 bridgehead atoms. The highest BCUT2D eigenvalue weighted by Crippen LogP contribution is 2.30. The molecule has 9 heteroatoms. The predicted molar refractivity (Wildman–Crippen MR) is 100 cm³/mol. The van der Waals surface area contributed by atoms with Gasteiger partial charge in [0.05, 0.1) is 7.11 Å². The number of furan rings is 1. The molecule has 2 heterocycles. The van der Waals surface area contributed by atoms with Crippen LogP contribution in [0.15, 0.2) is 32.9 Å². The van der Waals surface area contributed by atoms with E-state index in [9.17, 15) is 13.2 Å². The first-order chi connectivity index (χ1) is 12.2. The quantitative estimate of drug-likeness (QED) is 0.638. The number of halogens is 1. The van der Waals surface area contributed by atoms with Gasteiger partial charge in [0.2, 0.25) is 10.0 Å². The molecule has 0 saturated heterocycles. The maximum absolute atomic E-state index is 12.8. The lowest BCUT2D eigenvalue weighted by Crippen LogP contribution is -2.25. The molecule has 1 N–H and O–H groups in total. The minimum Gasteiger partial charge on any atom is -0.465 e. The van der Waals surface area contributed by atoms with Gasteiger partial charge in [-0.1, -0.05) is 11.6 Å². The molecule has 0 unspecified atom stereocenters. The van der Waals surface area contributed by atoms with E-state index in [0.717, 1.165) is 15.6 Å². The number of carbonyl (C=O) groups excluding carboxylic acids is 1. The van der Waals surface area contributed by atoms with Crippen LogP contribution >= 0.6 is 22.9 Å². The molecule has 0 atom stereocenters. The Morgan fingerprint density at radius 2 is 2.04 bits per heavy atom. The molecule has 0 spiro atoms. The Kier molecular flexibility index (Phi) is 5.12. The van der Waals surface area contributed by atoms with E-state index >= 15 is 0 Å². The third-order valence-electron chi connectivity index (χ3n) is 3.93. The number of hydrogen-bond donors (Lipinski definition) is 1. The molecule has 2 aromatic heterocycles. The number of fused-ring (bicyclic) bond motifs is 1. The average Bonchev–Trinajstić information content (AvgIpc) is 3.12. The van der Waals surface area contributed by atoms with E-state index in [1.54, 1.807) is 12.1 Å². The van der Waals surface area contributed by atoms with Crippen molar-refractivity contribution < 1.29 is 22.4 Å². The second kappa shape index (κ2) is 7.03. The summed E-state index contributed by atoms with van der Waals surface area (Å²) in [4.78, 5) is 11.8. The molecular formula is C17H16ClNO5S2. The van der Waals surface area contributed by atoms with E-state index in [1.807, 2.05) is 11.4 Å². The van der Waals surface area contributed by atoms with Crippen molar-refractivity contribution in [1.82, 2.24) is 4.72 Å². The van der Waals surface area contributed by atoms with Crippen molar-refractivity contribution in [3.05, 3.63) is 51.2 Å². The van der Waals surface area contributed by atoms with Crippen molar-refractivity contribution in [2.24, 2.45) is 0 Å². The molecule has 0 saturated carbocycles. The number of methoxy groups -OCH3 is 1. The van der Waals surface area contributed by atoms with Gasteiger partial charge in [-0.05, 0) is 48.4 Å². The van der Waals surface area contributed by atoms with Crippen molar-refractivity contribution in [3.63, 3.8) is 0 Å². The number of benzene rings is 1. The molecule has 6 nitrogen and oxygen atoms in total. The van der Waals surface area contributed by atoms with Crippen LogP contribution in [-0.4, -0.2) is 21.5 Å². The number of sulfonamides is 1. The summed E-state index contributed by atoms with van der Waals surface area (Å²) in [5.41, 5.74) is 0.712. The number of aryl methyl sites for hydroxylation is 2. The van der Waals surface area contributed by atoms with Gasteiger partial charge in [0.25, 0.3) is 0 Å². The fourth-order valence-corrected chi connectivity index (χ4v) is 5.28. The number of rotatable bonds is 5. The van der Waals surface area contributed by atoms with Gasteiger partial charge >= 0.3 is 5.97 Å². The second-order valence-electron chi connectivity index (χ2n) is 5.64. The monoisotopic (exact) mass is 413 g/mol. The van der Waals surface area contributed by atoms with E-state index in [4.69, 9.17) is 16.0 Å². The molecule has 0 amide bonds. The molecule has 1 aromatic carbocycles. The molecule has 0 fully saturated rings. The number of hydrogen-bond acceptors (Lipinski definition) is 6. The van der Waals surface area contributed by atoms with Crippen molar-refractivity contribution in [1.29, 1.82) is 0 Å². The normalized spacial score (nSPS) is 11.8. The first-order valence-electron chi connectivity index (χ1n) is 7.58. The maximum Gasteiger partial charge on any atom is 0.342 e. The molecule has 3 rings (SSSR count). The molecule has 26 heavy (non-hydrogen) atoms. The highest BCUT2D eigenvalue weighted by molar-refractivity contribution is 7.89. The summed E-state index contributed by atoms with van der Waals surface area (Å²) >= 11 is 7.53. The Bertz CT molecular complexity index is 1100. The fourth-order valence-electron chi connectivity index (χ4n) is 2.76. The highest BCUT2D eigenvalue weighted by atomic mass is 35.5. The molecule has 0 aliphatic heterocycles. The zero-order valence-corrected chi connectivity index (χ0v) is 16.6. The number of esters is 1. The van der Waals surface area contributed by atoms with Crippen LogP contribution in [0.5, 0.6) is 0 Å². The topological polar surface area (TPSA) is 85.6 Å². The minimum atomic E-state index is -3.98. The summed E-state index contributed by atoms with van der Waals surface area (Å²) in [7, 11) is -2.79. The summed E-state index contributed by atoms with van der Waals surface area (Å²) < 4.78 is 39.2. The van der Waals surface area contributed by atoms with Crippen LogP contribution in [0, 0.1) is 13.8 Å². The standard InChI is InChI=1S/C17H16ClNO5S2/c1-9-15(17(20)23-3)16(10(2)24-9)26(21,22)19-7-11-8-25-14-5-4-12(18)6-13(11)14/h4-6,8,19H,7H2,1-3H3. The van der Waals surface area contributed by atoms with Crippen LogP contribution in [0.4, 0.5) is 0 Å². The predicted octanol–water partition coefficient (Wildman–Crippen LogP) is 4.03. The minimum absolute atomic E-state index is 0.0625. The Morgan fingerprint density at radius 1 is 1.31 bits per heavy atom. The molecule has 138 valence electrons. The lowest BCUT2D eigenvalue weighted by Gasteiger charge is -2.08. The van der Waals surface area contributed by atoms with Gasteiger partial charge in [-0.3, -0.25) is 0 Å². The summed E-state index contributed by atoms with van der Waals surface area (Å²) in [5, 5.41) is 3.34. The van der Waals surface area contributed by atoms with E-state index in [0.29, 0.717) is 5.02 Å². The smallest absolute Gasteiger partial charge is 0.342 e. The number of nitrogens with one attached hydrogen (secondary N) is 1. The third-order valence-corrected chi connectivity index (χ3v) is 6.73. The van der Waals surface area contributed by atoms with E-state index in [1.165, 1.54) is 32.3 Å². The van der Waals surface area contributed by atoms with Crippen molar-refractivity contribution in [3.8, 4) is 0 Å². The molecule has 0 radical (unpaired) electrons. The molecule has 3 aromatic rings. The first kappa shape index (κ1) is 18.9. The van der Waals surface area contributed by atoms with Crippen LogP contribution in [-0.2, 0) is 21.3 Å². The summed E-state index contributed by atoms with van der Waals surface area (Å²) in [6.07, 6.45) is 0. The zero-order valence-electron chi connectivity index (χ0n) is 14.3. The van der Waals surface area contributed by atoms with Crippen LogP contribution in [0.25, 0.3) is 10.1 Å². The van der Waals surface area contributed by atoms with Crippen LogP contribution < -0.4 is 4.72 Å². The van der Waals surface area contributed by atoms with Crippen LogP contribution in [0.2, 0.25) is 5.02 Å². The Morgan fingerprint density at radius 3 is 2.73 bits per heavy atom. The third kappa shape index (κ3) is 3.37. The van der Waals surface area contributed by atoms with Crippen LogP contribution in [0.3, 0.4) is 0 Å². The van der Waals surface area contributed by atoms with Crippen molar-refractivity contribution >= 4 is 49.0 Å². The number of thiophene rings is 1. The van der Waals surface area contributed by atoms with Gasteiger partial charge in [0.1, 0.15) is 22.0 Å². The van der Waals surface area contributed by atoms with E-state index < -0.39 is 16.0 Å². The van der Waals surface area contributed by atoms with Crippen molar-refractivity contribution in [2.45, 2.75) is 25.3 Å². The molecule has 0 aliphatic rings. The van der Waals surface area contributed by atoms with E-state index in [-0.39, 0.29) is 28.5 Å². The van der Waals surface area contributed by atoms with Crippen LogP contribution in [0.1, 0.15) is 27.4 Å². The zero-order chi connectivity index (χ0) is 19.1. The first-order valence-corrected chi connectivity index (χ1v) is 10.3. The van der Waals surface area contributed by atoms with E-state index in [2.05, 4.69) is 9.46 Å². The Labute approximate surface area is 159 Å². The molecular weight excluding hydrogens is 398 g/mol. The van der Waals surface area contributed by atoms with Gasteiger partial charge < -0.3 is 9.15 Å². The summed E-state index contributed by atoms with van der Waals surface area (Å²) in [5.74, 6) is -0.427. The van der Waals surface area contributed by atoms with Crippen molar-refractivity contribution in [2.75, 3.05) is 7.11 Å². The Balaban J connectivity index is 1.95. The van der Waals surface area contributed by atoms with Gasteiger partial charge in [-0.25, -0.2) is 17.9 Å². The van der Waals surface area contributed by atoms with Gasteiger partial charge in [0.15, 0.2) is 0 Å². The van der Waals surface area contributed by atoms with Gasteiger partial charge in [-0.2, -0.15) is 0 Å². The lowest BCUT2D eigenvalue weighted by molar-refractivity contribution is 0.0595. The molecule has 0 aliphatic carbocycles.